The van der Waals surface area contributed by atoms with Crippen molar-refractivity contribution in [3.05, 3.63) is 66.8 Å². The summed E-state index contributed by atoms with van der Waals surface area (Å²) < 4.78 is 2.46. The molecule has 1 aliphatic heterocycles. The van der Waals surface area contributed by atoms with E-state index in [4.69, 9.17) is 0 Å². The molecule has 118 valence electrons. The van der Waals surface area contributed by atoms with E-state index >= 15 is 0 Å². The van der Waals surface area contributed by atoms with Crippen molar-refractivity contribution in [2.24, 2.45) is 0 Å². The Kier molecular flexibility index (Phi) is 3.83. The standard InChI is InChI=1S/C17H16BrN3OS/c1-11-14-5-7-23-15(14)4-6-20(11)10-13-8-17(22)21-9-12(18)2-3-16(21)19-13/h2-3,5,7-9,11H,4,6,10H2,1H3/p+1/t11-/m0/s1. The molecule has 23 heavy (non-hydrogen) atoms. The monoisotopic (exact) mass is 390 g/mol. The van der Waals surface area contributed by atoms with Gasteiger partial charge in [-0.05, 0) is 46.4 Å². The summed E-state index contributed by atoms with van der Waals surface area (Å²) in [5.74, 6) is 0. The highest BCUT2D eigenvalue weighted by Gasteiger charge is 2.28. The maximum atomic E-state index is 12.3. The van der Waals surface area contributed by atoms with Crippen molar-refractivity contribution in [1.29, 1.82) is 0 Å². The van der Waals surface area contributed by atoms with Gasteiger partial charge in [0.15, 0.2) is 0 Å². The SMILES string of the molecule is C[C@H]1c2ccsc2CC[NH+]1Cc1cc(=O)n2cc(Br)ccc2n1. The number of hydrogen-bond acceptors (Lipinski definition) is 3. The molecular weight excluding hydrogens is 374 g/mol. The van der Waals surface area contributed by atoms with Crippen LogP contribution in [-0.2, 0) is 13.0 Å². The molecule has 3 aromatic rings. The number of fused-ring (bicyclic) bond motifs is 2. The number of quaternary nitrogens is 1. The molecule has 4 rings (SSSR count). The van der Waals surface area contributed by atoms with Crippen LogP contribution in [0.3, 0.4) is 0 Å². The summed E-state index contributed by atoms with van der Waals surface area (Å²) in [5.41, 5.74) is 3.01. The average Bonchev–Trinajstić information content (AvgIpc) is 3.00. The lowest BCUT2D eigenvalue weighted by Crippen LogP contribution is -3.11. The lowest BCUT2D eigenvalue weighted by Gasteiger charge is -2.30. The number of rotatable bonds is 2. The minimum Gasteiger partial charge on any atom is -0.324 e. The molecule has 4 heterocycles. The van der Waals surface area contributed by atoms with Crippen molar-refractivity contribution in [2.45, 2.75) is 25.9 Å². The topological polar surface area (TPSA) is 38.8 Å². The maximum Gasteiger partial charge on any atom is 0.258 e. The van der Waals surface area contributed by atoms with Crippen molar-refractivity contribution in [2.75, 3.05) is 6.54 Å². The Hall–Kier alpha value is -1.50. The molecule has 0 saturated heterocycles. The largest absolute Gasteiger partial charge is 0.324 e. The first kappa shape index (κ1) is 15.1. The first-order chi connectivity index (χ1) is 11.1. The molecule has 1 aliphatic rings. The minimum absolute atomic E-state index is 0.0217. The lowest BCUT2D eigenvalue weighted by atomic mass is 10.0. The Bertz CT molecular complexity index is 933. The van der Waals surface area contributed by atoms with Gasteiger partial charge in [0, 0.05) is 33.6 Å². The molecule has 0 saturated carbocycles. The first-order valence-electron chi connectivity index (χ1n) is 7.70. The van der Waals surface area contributed by atoms with E-state index in [1.54, 1.807) is 16.7 Å². The van der Waals surface area contributed by atoms with E-state index in [-0.39, 0.29) is 5.56 Å². The smallest absolute Gasteiger partial charge is 0.258 e. The summed E-state index contributed by atoms with van der Waals surface area (Å²) in [4.78, 5) is 20.0. The Labute approximate surface area is 146 Å². The van der Waals surface area contributed by atoms with Crippen LogP contribution in [0.5, 0.6) is 0 Å². The van der Waals surface area contributed by atoms with Crippen molar-refractivity contribution >= 4 is 32.9 Å². The molecular formula is C17H17BrN3OS+. The number of nitrogens with zero attached hydrogens (tertiary/aromatic N) is 2. The molecule has 0 bridgehead atoms. The summed E-state index contributed by atoms with van der Waals surface area (Å²) >= 11 is 5.25. The van der Waals surface area contributed by atoms with E-state index in [0.717, 1.165) is 29.7 Å². The maximum absolute atomic E-state index is 12.3. The number of aromatic nitrogens is 2. The Balaban J connectivity index is 1.66. The zero-order valence-electron chi connectivity index (χ0n) is 12.8. The predicted octanol–water partition coefficient (Wildman–Crippen LogP) is 2.22. The molecule has 4 nitrogen and oxygen atoms in total. The quantitative estimate of drug-likeness (QED) is 0.728. The summed E-state index contributed by atoms with van der Waals surface area (Å²) in [6.07, 6.45) is 2.88. The van der Waals surface area contributed by atoms with Gasteiger partial charge in [-0.3, -0.25) is 9.20 Å². The zero-order valence-corrected chi connectivity index (χ0v) is 15.2. The predicted molar refractivity (Wildman–Crippen MR) is 95.1 cm³/mol. The van der Waals surface area contributed by atoms with Crippen LogP contribution in [0.2, 0.25) is 0 Å². The van der Waals surface area contributed by atoms with Crippen LogP contribution in [0.15, 0.2) is 45.1 Å². The van der Waals surface area contributed by atoms with Gasteiger partial charge in [0.25, 0.3) is 5.56 Å². The van der Waals surface area contributed by atoms with E-state index in [2.05, 4.69) is 39.3 Å². The van der Waals surface area contributed by atoms with Gasteiger partial charge < -0.3 is 4.90 Å². The summed E-state index contributed by atoms with van der Waals surface area (Å²) in [6.45, 7) is 4.15. The van der Waals surface area contributed by atoms with Crippen molar-refractivity contribution in [3.63, 3.8) is 0 Å². The van der Waals surface area contributed by atoms with Crippen LogP contribution in [0.1, 0.15) is 29.1 Å². The Morgan fingerprint density at radius 1 is 1.43 bits per heavy atom. The number of halogens is 1. The summed E-state index contributed by atoms with van der Waals surface area (Å²) in [7, 11) is 0. The highest BCUT2D eigenvalue weighted by Crippen LogP contribution is 2.24. The van der Waals surface area contributed by atoms with E-state index in [9.17, 15) is 4.79 Å². The second-order valence-corrected chi connectivity index (χ2v) is 7.93. The van der Waals surface area contributed by atoms with Gasteiger partial charge in [-0.15, -0.1) is 11.3 Å². The fourth-order valence-corrected chi connectivity index (χ4v) is 4.66. The lowest BCUT2D eigenvalue weighted by molar-refractivity contribution is -0.945. The van der Waals surface area contributed by atoms with Gasteiger partial charge >= 0.3 is 0 Å². The Morgan fingerprint density at radius 2 is 2.30 bits per heavy atom. The Morgan fingerprint density at radius 3 is 3.17 bits per heavy atom. The molecule has 0 amide bonds. The van der Waals surface area contributed by atoms with Crippen molar-refractivity contribution in [1.82, 2.24) is 9.38 Å². The molecule has 0 fully saturated rings. The second-order valence-electron chi connectivity index (χ2n) is 6.02. The fraction of sp³-hybridized carbons (Fsp3) is 0.294. The van der Waals surface area contributed by atoms with Crippen LogP contribution in [0.25, 0.3) is 5.65 Å². The molecule has 0 radical (unpaired) electrons. The highest BCUT2D eigenvalue weighted by atomic mass is 79.9. The molecule has 0 aromatic carbocycles. The van der Waals surface area contributed by atoms with E-state index in [0.29, 0.717) is 11.7 Å². The first-order valence-corrected chi connectivity index (χ1v) is 9.38. The van der Waals surface area contributed by atoms with Crippen LogP contribution in [-0.4, -0.2) is 15.9 Å². The third-order valence-corrected chi connectivity index (χ3v) is 6.08. The number of hydrogen-bond donors (Lipinski definition) is 1. The molecule has 1 N–H and O–H groups in total. The van der Waals surface area contributed by atoms with Gasteiger partial charge in [0.2, 0.25) is 0 Å². The number of thiophene rings is 1. The van der Waals surface area contributed by atoms with Crippen molar-refractivity contribution < 1.29 is 4.90 Å². The third-order valence-electron chi connectivity index (χ3n) is 4.62. The molecule has 6 heteroatoms. The van der Waals surface area contributed by atoms with Gasteiger partial charge in [0.1, 0.15) is 23.9 Å². The molecule has 0 spiro atoms. The van der Waals surface area contributed by atoms with Crippen molar-refractivity contribution in [3.8, 4) is 0 Å². The highest BCUT2D eigenvalue weighted by molar-refractivity contribution is 9.10. The molecule has 3 aromatic heterocycles. The normalized spacial score (nSPS) is 20.6. The second kappa shape index (κ2) is 5.85. The van der Waals surface area contributed by atoms with Gasteiger partial charge in [-0.25, -0.2) is 4.98 Å². The van der Waals surface area contributed by atoms with Gasteiger partial charge in [-0.2, -0.15) is 0 Å². The fourth-order valence-electron chi connectivity index (χ4n) is 3.34. The molecule has 2 atom stereocenters. The van der Waals surface area contributed by atoms with Gasteiger partial charge in [0.05, 0.1) is 6.54 Å². The zero-order chi connectivity index (χ0) is 16.0. The number of pyridine rings is 1. The van der Waals surface area contributed by atoms with Crippen LogP contribution >= 0.6 is 27.3 Å². The summed E-state index contributed by atoms with van der Waals surface area (Å²) in [6, 6.07) is 8.16. The van der Waals surface area contributed by atoms with Gasteiger partial charge in [-0.1, -0.05) is 0 Å². The molecule has 1 unspecified atom stereocenters. The van der Waals surface area contributed by atoms with E-state index < -0.39 is 0 Å². The van der Waals surface area contributed by atoms with E-state index in [1.807, 2.05) is 23.5 Å². The minimum atomic E-state index is -0.0217. The van der Waals surface area contributed by atoms with E-state index in [1.165, 1.54) is 15.3 Å². The molecule has 0 aliphatic carbocycles. The summed E-state index contributed by atoms with van der Waals surface area (Å²) in [5, 5.41) is 2.18. The van der Waals surface area contributed by atoms with Crippen LogP contribution in [0, 0.1) is 0 Å². The van der Waals surface area contributed by atoms with Crippen LogP contribution in [0.4, 0.5) is 0 Å². The number of nitrogens with one attached hydrogen (secondary N) is 1. The average molecular weight is 391 g/mol. The third kappa shape index (κ3) is 2.75. The van der Waals surface area contributed by atoms with Crippen LogP contribution < -0.4 is 10.5 Å².